The largest absolute Gasteiger partial charge is 0.374 e. The van der Waals surface area contributed by atoms with Crippen LogP contribution in [0.5, 0.6) is 0 Å². The fraction of sp³-hybridized carbons (Fsp3) is 0.625. The highest BCUT2D eigenvalue weighted by atomic mass is 16.5. The van der Waals surface area contributed by atoms with E-state index in [1.54, 1.807) is 0 Å². The van der Waals surface area contributed by atoms with Gasteiger partial charge < -0.3 is 10.5 Å². The van der Waals surface area contributed by atoms with Crippen LogP contribution < -0.4 is 5.73 Å². The number of hydrogen-bond donors (Lipinski definition) is 1. The van der Waals surface area contributed by atoms with Crippen LogP contribution in [0.3, 0.4) is 0 Å². The molecule has 0 fully saturated rings. The molecule has 0 bridgehead atoms. The molecule has 0 amide bonds. The van der Waals surface area contributed by atoms with Crippen LogP contribution in [0.2, 0.25) is 0 Å². The number of hydrogen-bond acceptors (Lipinski definition) is 2. The zero-order valence-corrected chi connectivity index (χ0v) is 12.4. The molecule has 18 heavy (non-hydrogen) atoms. The Bertz CT molecular complexity index is 389. The first-order valence-corrected chi connectivity index (χ1v) is 6.88. The minimum Gasteiger partial charge on any atom is -0.374 e. The third kappa shape index (κ3) is 3.56. The van der Waals surface area contributed by atoms with Gasteiger partial charge in [-0.05, 0) is 57.2 Å². The van der Waals surface area contributed by atoms with Crippen molar-refractivity contribution in [3.05, 3.63) is 34.9 Å². The maximum absolute atomic E-state index is 6.34. The lowest BCUT2D eigenvalue weighted by molar-refractivity contribution is -0.0461. The summed E-state index contributed by atoms with van der Waals surface area (Å²) in [5.74, 6) is 0. The van der Waals surface area contributed by atoms with Gasteiger partial charge in [0.05, 0.1) is 5.60 Å². The van der Waals surface area contributed by atoms with E-state index in [9.17, 15) is 0 Å². The van der Waals surface area contributed by atoms with Gasteiger partial charge in [0.25, 0.3) is 0 Å². The minimum absolute atomic E-state index is 0.0320. The Hall–Kier alpha value is -0.860. The SMILES string of the molecule is CCOC(C)(CC)C(N)Cc1ccc(C)c(C)c1. The van der Waals surface area contributed by atoms with E-state index in [4.69, 9.17) is 10.5 Å². The van der Waals surface area contributed by atoms with Gasteiger partial charge in [0.1, 0.15) is 0 Å². The van der Waals surface area contributed by atoms with Gasteiger partial charge in [0.15, 0.2) is 0 Å². The van der Waals surface area contributed by atoms with E-state index in [1.807, 2.05) is 6.92 Å². The highest BCUT2D eigenvalue weighted by Crippen LogP contribution is 2.22. The van der Waals surface area contributed by atoms with Crippen LogP contribution in [0, 0.1) is 13.8 Å². The molecule has 0 aliphatic carbocycles. The average Bonchev–Trinajstić information content (AvgIpc) is 2.34. The Morgan fingerprint density at radius 3 is 2.39 bits per heavy atom. The Kier molecular flexibility index (Phi) is 5.36. The van der Waals surface area contributed by atoms with Gasteiger partial charge in [0.2, 0.25) is 0 Å². The molecule has 2 atom stereocenters. The van der Waals surface area contributed by atoms with E-state index in [0.29, 0.717) is 6.61 Å². The number of nitrogens with two attached hydrogens (primary N) is 1. The quantitative estimate of drug-likeness (QED) is 0.839. The van der Waals surface area contributed by atoms with Gasteiger partial charge >= 0.3 is 0 Å². The molecule has 0 saturated carbocycles. The molecular formula is C16H27NO. The molecule has 2 heteroatoms. The first-order valence-electron chi connectivity index (χ1n) is 6.88. The summed E-state index contributed by atoms with van der Waals surface area (Å²) in [6, 6.07) is 6.60. The Balaban J connectivity index is 2.79. The van der Waals surface area contributed by atoms with E-state index in [1.165, 1.54) is 16.7 Å². The van der Waals surface area contributed by atoms with Crippen molar-refractivity contribution in [3.63, 3.8) is 0 Å². The normalized spacial score (nSPS) is 16.3. The van der Waals surface area contributed by atoms with Gasteiger partial charge in [-0.3, -0.25) is 0 Å². The number of rotatable bonds is 6. The van der Waals surface area contributed by atoms with E-state index < -0.39 is 0 Å². The van der Waals surface area contributed by atoms with Crippen molar-refractivity contribution >= 4 is 0 Å². The fourth-order valence-electron chi connectivity index (χ4n) is 2.20. The smallest absolute Gasteiger partial charge is 0.0805 e. The van der Waals surface area contributed by atoms with E-state index in [-0.39, 0.29) is 11.6 Å². The summed E-state index contributed by atoms with van der Waals surface area (Å²) in [6.45, 7) is 11.3. The maximum atomic E-state index is 6.34. The Morgan fingerprint density at radius 2 is 1.89 bits per heavy atom. The summed E-state index contributed by atoms with van der Waals surface area (Å²) in [7, 11) is 0. The molecule has 0 saturated heterocycles. The van der Waals surface area contributed by atoms with Crippen LogP contribution in [0.25, 0.3) is 0 Å². The molecule has 0 aromatic heterocycles. The van der Waals surface area contributed by atoms with Gasteiger partial charge in [-0.2, -0.15) is 0 Å². The monoisotopic (exact) mass is 249 g/mol. The average molecular weight is 249 g/mol. The van der Waals surface area contributed by atoms with Crippen LogP contribution in [0.1, 0.15) is 43.9 Å². The van der Waals surface area contributed by atoms with Crippen molar-refractivity contribution in [1.29, 1.82) is 0 Å². The molecule has 102 valence electrons. The molecule has 0 heterocycles. The van der Waals surface area contributed by atoms with Crippen molar-refractivity contribution in [2.24, 2.45) is 5.73 Å². The highest BCUT2D eigenvalue weighted by molar-refractivity contribution is 5.30. The van der Waals surface area contributed by atoms with Crippen molar-refractivity contribution in [3.8, 4) is 0 Å². The first-order chi connectivity index (χ1) is 8.42. The van der Waals surface area contributed by atoms with Crippen molar-refractivity contribution < 1.29 is 4.74 Å². The van der Waals surface area contributed by atoms with Gasteiger partial charge in [-0.25, -0.2) is 0 Å². The summed E-state index contributed by atoms with van der Waals surface area (Å²) < 4.78 is 5.84. The number of aryl methyl sites for hydroxylation is 2. The number of benzene rings is 1. The van der Waals surface area contributed by atoms with Crippen LogP contribution in [-0.4, -0.2) is 18.2 Å². The van der Waals surface area contributed by atoms with Crippen LogP contribution in [0.4, 0.5) is 0 Å². The predicted octanol–water partition coefficient (Wildman–Crippen LogP) is 3.38. The maximum Gasteiger partial charge on any atom is 0.0805 e. The summed E-state index contributed by atoms with van der Waals surface area (Å²) in [5, 5.41) is 0. The molecule has 0 aliphatic heterocycles. The topological polar surface area (TPSA) is 35.2 Å². The highest BCUT2D eigenvalue weighted by Gasteiger charge is 2.30. The third-order valence-corrected chi connectivity index (χ3v) is 3.99. The molecule has 2 N–H and O–H groups in total. The zero-order chi connectivity index (χ0) is 13.8. The summed E-state index contributed by atoms with van der Waals surface area (Å²) >= 11 is 0. The molecule has 0 aliphatic rings. The molecule has 0 radical (unpaired) electrons. The summed E-state index contributed by atoms with van der Waals surface area (Å²) in [5.41, 5.74) is 10.1. The predicted molar refractivity (Wildman–Crippen MR) is 77.9 cm³/mol. The zero-order valence-electron chi connectivity index (χ0n) is 12.4. The molecule has 2 unspecified atom stereocenters. The van der Waals surface area contributed by atoms with Crippen LogP contribution in [0.15, 0.2) is 18.2 Å². The molecule has 1 rings (SSSR count). The van der Waals surface area contributed by atoms with Gasteiger partial charge in [-0.1, -0.05) is 25.1 Å². The minimum atomic E-state index is -0.229. The second-order valence-electron chi connectivity index (χ2n) is 5.33. The first kappa shape index (κ1) is 15.2. The third-order valence-electron chi connectivity index (χ3n) is 3.99. The molecular weight excluding hydrogens is 222 g/mol. The molecule has 2 nitrogen and oxygen atoms in total. The summed E-state index contributed by atoms with van der Waals surface area (Å²) in [4.78, 5) is 0. The van der Waals surface area contributed by atoms with Gasteiger partial charge in [0, 0.05) is 12.6 Å². The van der Waals surface area contributed by atoms with Crippen molar-refractivity contribution in [2.75, 3.05) is 6.61 Å². The second-order valence-corrected chi connectivity index (χ2v) is 5.33. The van der Waals surface area contributed by atoms with E-state index >= 15 is 0 Å². The molecule has 1 aromatic rings. The van der Waals surface area contributed by atoms with Crippen molar-refractivity contribution in [1.82, 2.24) is 0 Å². The summed E-state index contributed by atoms with van der Waals surface area (Å²) in [6.07, 6.45) is 1.80. The fourth-order valence-corrected chi connectivity index (χ4v) is 2.20. The standard InChI is InChI=1S/C16H27NO/c1-6-16(5,18-7-2)15(17)11-14-9-8-12(3)13(4)10-14/h8-10,15H,6-7,11,17H2,1-5H3. The lowest BCUT2D eigenvalue weighted by atomic mass is 9.88. The molecule has 0 spiro atoms. The van der Waals surface area contributed by atoms with Crippen LogP contribution in [-0.2, 0) is 11.2 Å². The lowest BCUT2D eigenvalue weighted by Gasteiger charge is -2.34. The lowest BCUT2D eigenvalue weighted by Crippen LogP contribution is -2.48. The molecule has 1 aromatic carbocycles. The van der Waals surface area contributed by atoms with Crippen molar-refractivity contribution in [2.45, 2.75) is 59.1 Å². The van der Waals surface area contributed by atoms with Crippen LogP contribution >= 0.6 is 0 Å². The van der Waals surface area contributed by atoms with Gasteiger partial charge in [-0.15, -0.1) is 0 Å². The number of ether oxygens (including phenoxy) is 1. The second kappa shape index (κ2) is 6.35. The Labute approximate surface area is 112 Å². The van der Waals surface area contributed by atoms with E-state index in [0.717, 1.165) is 12.8 Å². The Morgan fingerprint density at radius 1 is 1.22 bits per heavy atom. The van der Waals surface area contributed by atoms with E-state index in [2.05, 4.69) is 45.9 Å².